The molecule has 0 atom stereocenters. The van der Waals surface area contributed by atoms with E-state index in [0.717, 1.165) is 111 Å². The maximum Gasteiger partial charge on any atom is 0.161 e. The van der Waals surface area contributed by atoms with E-state index in [1.54, 1.807) is 0 Å². The number of fused-ring (bicyclic) bond motifs is 3. The highest BCUT2D eigenvalue weighted by Crippen LogP contribution is 2.42. The van der Waals surface area contributed by atoms with Gasteiger partial charge in [-0.3, -0.25) is 0 Å². The first kappa shape index (κ1) is 39.5. The van der Waals surface area contributed by atoms with Crippen LogP contribution in [0.15, 0.2) is 247 Å². The van der Waals surface area contributed by atoms with Gasteiger partial charge in [0.15, 0.2) is 11.6 Å². The van der Waals surface area contributed by atoms with Crippen molar-refractivity contribution < 1.29 is 4.42 Å². The molecule has 0 saturated carbocycles. The summed E-state index contributed by atoms with van der Waals surface area (Å²) in [7, 11) is 0. The topological polar surface area (TPSA) is 64.7 Å². The van der Waals surface area contributed by atoms with E-state index < -0.39 is 0 Å². The highest BCUT2D eigenvalue weighted by molar-refractivity contribution is 6.12. The van der Waals surface area contributed by atoms with E-state index in [1.165, 1.54) is 0 Å². The van der Waals surface area contributed by atoms with Gasteiger partial charge < -0.3 is 4.42 Å². The van der Waals surface area contributed by atoms with Crippen molar-refractivity contribution in [2.45, 2.75) is 0 Å². The molecule has 9 aromatic carbocycles. The molecule has 5 nitrogen and oxygen atoms in total. The third kappa shape index (κ3) is 7.64. The fourth-order valence-corrected chi connectivity index (χ4v) is 9.09. The normalized spacial score (nSPS) is 11.3. The Bertz CT molecular complexity index is 3600. The molecule has 12 rings (SSSR count). The molecule has 0 fully saturated rings. The van der Waals surface area contributed by atoms with Crippen molar-refractivity contribution in [2.24, 2.45) is 0 Å². The number of nitrogens with zero attached hydrogens (tertiary/aromatic N) is 4. The Hall–Kier alpha value is -9.06. The first-order valence-electron chi connectivity index (χ1n) is 22.5. The summed E-state index contributed by atoms with van der Waals surface area (Å²) in [6, 6.07) is 83.9. The second-order valence-corrected chi connectivity index (χ2v) is 16.5. The van der Waals surface area contributed by atoms with Gasteiger partial charge in [-0.05, 0) is 63.7 Å². The fraction of sp³-hybridized carbons (Fsp3) is 0. The quantitative estimate of drug-likeness (QED) is 0.145. The average Bonchev–Trinajstić information content (AvgIpc) is 3.81. The summed E-state index contributed by atoms with van der Waals surface area (Å²) in [6.45, 7) is 0. The number of rotatable bonds is 9. The van der Waals surface area contributed by atoms with Gasteiger partial charge in [-0.25, -0.2) is 19.9 Å². The number of hydrogen-bond acceptors (Lipinski definition) is 5. The SMILES string of the molecule is c1ccc(-c2cc(-c3ccccc3)nc(-c3ccc(-c4ccccc4-c4nc(-c5ccccc5)cc(-c5ccccc5)n4)c(-c4ccc(-c5cccc6oc7ccccc7c56)cc4)c3)n2)cc1. The second-order valence-electron chi connectivity index (χ2n) is 16.5. The molecule has 0 amide bonds. The molecule has 314 valence electrons. The molecule has 0 aliphatic carbocycles. The van der Waals surface area contributed by atoms with Gasteiger partial charge in [-0.2, -0.15) is 0 Å². The lowest BCUT2D eigenvalue weighted by atomic mass is 9.89. The van der Waals surface area contributed by atoms with Gasteiger partial charge in [0.2, 0.25) is 0 Å². The van der Waals surface area contributed by atoms with Crippen LogP contribution >= 0.6 is 0 Å². The van der Waals surface area contributed by atoms with E-state index in [2.05, 4.69) is 152 Å². The Labute approximate surface area is 388 Å². The molecule has 0 radical (unpaired) electrons. The van der Waals surface area contributed by atoms with E-state index in [1.807, 2.05) is 91.0 Å². The fourth-order valence-electron chi connectivity index (χ4n) is 9.09. The lowest BCUT2D eigenvalue weighted by molar-refractivity contribution is 0.669. The van der Waals surface area contributed by atoms with Crippen molar-refractivity contribution in [2.75, 3.05) is 0 Å². The summed E-state index contributed by atoms with van der Waals surface area (Å²) in [4.78, 5) is 21.0. The molecule has 0 N–H and O–H groups in total. The summed E-state index contributed by atoms with van der Waals surface area (Å²) < 4.78 is 6.29. The minimum Gasteiger partial charge on any atom is -0.456 e. The molecular weight excluding hydrogens is 817 g/mol. The Morgan fingerprint density at radius 3 is 1.19 bits per heavy atom. The van der Waals surface area contributed by atoms with Crippen LogP contribution in [0.3, 0.4) is 0 Å². The van der Waals surface area contributed by atoms with Gasteiger partial charge in [0.25, 0.3) is 0 Å². The van der Waals surface area contributed by atoms with Crippen LogP contribution in [-0.2, 0) is 0 Å². The van der Waals surface area contributed by atoms with Gasteiger partial charge in [-0.15, -0.1) is 0 Å². The zero-order valence-corrected chi connectivity index (χ0v) is 36.3. The predicted octanol–water partition coefficient (Wildman–Crippen LogP) is 16.2. The van der Waals surface area contributed by atoms with Gasteiger partial charge in [-0.1, -0.05) is 212 Å². The Morgan fingerprint density at radius 2 is 0.642 bits per heavy atom. The van der Waals surface area contributed by atoms with Gasteiger partial charge in [0.05, 0.1) is 22.8 Å². The van der Waals surface area contributed by atoms with Crippen LogP contribution < -0.4 is 0 Å². The second kappa shape index (κ2) is 17.1. The van der Waals surface area contributed by atoms with E-state index in [-0.39, 0.29) is 0 Å². The number of aromatic nitrogens is 4. The number of furan rings is 1. The van der Waals surface area contributed by atoms with Crippen molar-refractivity contribution in [3.05, 3.63) is 243 Å². The van der Waals surface area contributed by atoms with Crippen molar-refractivity contribution in [3.63, 3.8) is 0 Å². The third-order valence-corrected chi connectivity index (χ3v) is 12.4. The zero-order valence-electron chi connectivity index (χ0n) is 36.3. The standard InChI is InChI=1S/C62H40N4O/c1-5-18-43(19-6-1)54-39-55(44-20-7-2-8-21-44)64-61(63-54)47-36-37-50(53(38-47)42-34-32-41(33-35-42)48-29-17-31-59-60(48)52-28-15-16-30-58(52)67-59)49-26-13-14-27-51(49)62-65-56(45-22-9-3-10-23-45)40-57(66-62)46-24-11-4-12-25-46/h1-40H. The summed E-state index contributed by atoms with van der Waals surface area (Å²) in [5, 5.41) is 2.21. The largest absolute Gasteiger partial charge is 0.456 e. The van der Waals surface area contributed by atoms with Crippen LogP contribution in [0, 0.1) is 0 Å². The molecule has 12 aromatic rings. The third-order valence-electron chi connectivity index (χ3n) is 12.4. The van der Waals surface area contributed by atoms with Crippen LogP contribution in [0.5, 0.6) is 0 Å². The lowest BCUT2D eigenvalue weighted by Crippen LogP contribution is -1.99. The highest BCUT2D eigenvalue weighted by Gasteiger charge is 2.20. The molecule has 0 bridgehead atoms. The highest BCUT2D eigenvalue weighted by atomic mass is 16.3. The van der Waals surface area contributed by atoms with Crippen LogP contribution in [0.1, 0.15) is 0 Å². The maximum absolute atomic E-state index is 6.29. The van der Waals surface area contributed by atoms with E-state index in [0.29, 0.717) is 11.6 Å². The molecule has 3 aromatic heterocycles. The summed E-state index contributed by atoms with van der Waals surface area (Å²) in [6.07, 6.45) is 0. The number of hydrogen-bond donors (Lipinski definition) is 0. The van der Waals surface area contributed by atoms with Crippen molar-refractivity contribution in [3.8, 4) is 101 Å². The van der Waals surface area contributed by atoms with Crippen LogP contribution in [0.2, 0.25) is 0 Å². The molecule has 0 saturated heterocycles. The smallest absolute Gasteiger partial charge is 0.161 e. The minimum absolute atomic E-state index is 0.642. The van der Waals surface area contributed by atoms with Crippen molar-refractivity contribution in [1.82, 2.24) is 19.9 Å². The van der Waals surface area contributed by atoms with Crippen LogP contribution in [-0.4, -0.2) is 19.9 Å². The molecular formula is C62H40N4O. The summed E-state index contributed by atoms with van der Waals surface area (Å²) in [5.41, 5.74) is 17.5. The van der Waals surface area contributed by atoms with Crippen LogP contribution in [0.25, 0.3) is 123 Å². The molecule has 67 heavy (non-hydrogen) atoms. The first-order chi connectivity index (χ1) is 33.2. The molecule has 0 aliphatic heterocycles. The predicted molar refractivity (Wildman–Crippen MR) is 274 cm³/mol. The van der Waals surface area contributed by atoms with E-state index in [9.17, 15) is 0 Å². The molecule has 0 unspecified atom stereocenters. The van der Waals surface area contributed by atoms with Crippen molar-refractivity contribution >= 4 is 21.9 Å². The Kier molecular flexibility index (Phi) is 10.1. The number of para-hydroxylation sites is 1. The van der Waals surface area contributed by atoms with Crippen LogP contribution in [0.4, 0.5) is 0 Å². The monoisotopic (exact) mass is 856 g/mol. The minimum atomic E-state index is 0.642. The maximum atomic E-state index is 6.29. The summed E-state index contributed by atoms with van der Waals surface area (Å²) in [5.74, 6) is 1.29. The van der Waals surface area contributed by atoms with Gasteiger partial charge in [0.1, 0.15) is 11.2 Å². The lowest BCUT2D eigenvalue weighted by Gasteiger charge is -2.17. The molecule has 0 aliphatic rings. The molecule has 3 heterocycles. The molecule has 0 spiro atoms. The van der Waals surface area contributed by atoms with Gasteiger partial charge >= 0.3 is 0 Å². The van der Waals surface area contributed by atoms with Crippen molar-refractivity contribution in [1.29, 1.82) is 0 Å². The molecule has 5 heteroatoms. The summed E-state index contributed by atoms with van der Waals surface area (Å²) >= 11 is 0. The van der Waals surface area contributed by atoms with E-state index >= 15 is 0 Å². The Balaban J connectivity index is 1.05. The van der Waals surface area contributed by atoms with Gasteiger partial charge in [0, 0.05) is 44.2 Å². The number of benzene rings is 9. The Morgan fingerprint density at radius 1 is 0.239 bits per heavy atom. The first-order valence-corrected chi connectivity index (χ1v) is 22.5. The average molecular weight is 857 g/mol. The zero-order chi connectivity index (χ0) is 44.5. The van der Waals surface area contributed by atoms with E-state index in [4.69, 9.17) is 24.4 Å².